The van der Waals surface area contributed by atoms with Crippen LogP contribution in [-0.4, -0.2) is 31.3 Å². The molecular formula is C15H22N2O3. The molecule has 0 radical (unpaired) electrons. The van der Waals surface area contributed by atoms with Crippen LogP contribution in [0.2, 0.25) is 0 Å². The van der Waals surface area contributed by atoms with Crippen molar-refractivity contribution in [1.29, 1.82) is 0 Å². The molecule has 1 fully saturated rings. The van der Waals surface area contributed by atoms with E-state index in [1.165, 1.54) is 0 Å². The Balaban J connectivity index is 2.08. The molecule has 110 valence electrons. The fourth-order valence-electron chi connectivity index (χ4n) is 2.19. The van der Waals surface area contributed by atoms with Crippen LogP contribution in [0, 0.1) is 0 Å². The summed E-state index contributed by atoms with van der Waals surface area (Å²) in [5, 5.41) is 3.26. The molecule has 1 aromatic carbocycles. The number of carbonyl (C=O) groups excluding carboxylic acids is 1. The summed E-state index contributed by atoms with van der Waals surface area (Å²) in [7, 11) is 0. The minimum atomic E-state index is -0.359. The summed E-state index contributed by atoms with van der Waals surface area (Å²) in [5.74, 6) is -0.359. The third kappa shape index (κ3) is 3.87. The molecule has 0 amide bonds. The van der Waals surface area contributed by atoms with Crippen LogP contribution < -0.4 is 11.1 Å². The van der Waals surface area contributed by atoms with E-state index in [1.54, 1.807) is 18.2 Å². The number of esters is 1. The quantitative estimate of drug-likeness (QED) is 0.639. The van der Waals surface area contributed by atoms with Gasteiger partial charge in [0.05, 0.1) is 17.8 Å². The Hall–Kier alpha value is -1.75. The lowest BCUT2D eigenvalue weighted by atomic mass is 10.1. The van der Waals surface area contributed by atoms with Crippen molar-refractivity contribution in [2.75, 3.05) is 24.2 Å². The van der Waals surface area contributed by atoms with E-state index in [9.17, 15) is 4.79 Å². The van der Waals surface area contributed by atoms with Crippen LogP contribution in [0.25, 0.3) is 0 Å². The summed E-state index contributed by atoms with van der Waals surface area (Å²) in [6, 6.07) is 5.22. The average Bonchev–Trinajstić information content (AvgIpc) is 2.89. The number of benzene rings is 1. The van der Waals surface area contributed by atoms with Gasteiger partial charge in [-0.25, -0.2) is 4.79 Å². The van der Waals surface area contributed by atoms with Crippen LogP contribution >= 0.6 is 0 Å². The van der Waals surface area contributed by atoms with Crippen molar-refractivity contribution in [3.63, 3.8) is 0 Å². The Morgan fingerprint density at radius 1 is 1.55 bits per heavy atom. The number of nitrogens with one attached hydrogen (secondary N) is 1. The molecule has 1 saturated heterocycles. The number of carbonyl (C=O) groups is 1. The Morgan fingerprint density at radius 3 is 3.00 bits per heavy atom. The summed E-state index contributed by atoms with van der Waals surface area (Å²) in [6.45, 7) is 5.15. The molecule has 1 aliphatic heterocycles. The number of nitrogen functional groups attached to an aromatic ring is 1. The van der Waals surface area contributed by atoms with E-state index in [0.717, 1.165) is 25.1 Å². The van der Waals surface area contributed by atoms with Gasteiger partial charge in [0, 0.05) is 24.5 Å². The second-order valence-corrected chi connectivity index (χ2v) is 5.28. The van der Waals surface area contributed by atoms with E-state index in [4.69, 9.17) is 15.2 Å². The van der Waals surface area contributed by atoms with Crippen molar-refractivity contribution in [2.45, 2.75) is 38.9 Å². The van der Waals surface area contributed by atoms with Crippen LogP contribution in [0.1, 0.15) is 37.0 Å². The highest BCUT2D eigenvalue weighted by molar-refractivity contribution is 5.96. The first-order valence-electron chi connectivity index (χ1n) is 7.02. The lowest BCUT2D eigenvalue weighted by Crippen LogP contribution is -2.21. The van der Waals surface area contributed by atoms with Gasteiger partial charge in [-0.1, -0.05) is 0 Å². The van der Waals surface area contributed by atoms with Gasteiger partial charge in [-0.15, -0.1) is 0 Å². The molecule has 0 saturated carbocycles. The summed E-state index contributed by atoms with van der Waals surface area (Å²) in [6.07, 6.45) is 2.20. The second-order valence-electron chi connectivity index (χ2n) is 5.28. The third-order valence-corrected chi connectivity index (χ3v) is 3.15. The van der Waals surface area contributed by atoms with Crippen molar-refractivity contribution in [3.05, 3.63) is 23.8 Å². The minimum absolute atomic E-state index is 0.157. The van der Waals surface area contributed by atoms with E-state index < -0.39 is 0 Å². The predicted octanol–water partition coefficient (Wildman–Crippen LogP) is 2.42. The maximum Gasteiger partial charge on any atom is 0.340 e. The van der Waals surface area contributed by atoms with Gasteiger partial charge in [-0.05, 0) is 44.9 Å². The zero-order valence-corrected chi connectivity index (χ0v) is 12.0. The van der Waals surface area contributed by atoms with Gasteiger partial charge in [0.15, 0.2) is 0 Å². The highest BCUT2D eigenvalue weighted by Gasteiger charge is 2.18. The standard InChI is InChI=1S/C15H22N2O3/c1-10(2)20-15(18)13-8-11(16)5-6-14(13)17-9-12-4-3-7-19-12/h5-6,8,10,12,17H,3-4,7,9,16H2,1-2H3. The van der Waals surface area contributed by atoms with E-state index in [1.807, 2.05) is 13.8 Å². The molecule has 3 N–H and O–H groups in total. The average molecular weight is 278 g/mol. The molecule has 1 unspecified atom stereocenters. The molecule has 1 atom stereocenters. The van der Waals surface area contributed by atoms with Crippen LogP contribution in [0.3, 0.4) is 0 Å². The van der Waals surface area contributed by atoms with Gasteiger partial charge in [0.25, 0.3) is 0 Å². The van der Waals surface area contributed by atoms with Crippen molar-refractivity contribution >= 4 is 17.3 Å². The van der Waals surface area contributed by atoms with Gasteiger partial charge >= 0.3 is 5.97 Å². The van der Waals surface area contributed by atoms with E-state index in [-0.39, 0.29) is 18.2 Å². The zero-order valence-electron chi connectivity index (χ0n) is 12.0. The Kier molecular flexibility index (Phi) is 4.84. The second kappa shape index (κ2) is 6.61. The molecule has 0 aliphatic carbocycles. The summed E-state index contributed by atoms with van der Waals surface area (Å²) >= 11 is 0. The molecule has 20 heavy (non-hydrogen) atoms. The third-order valence-electron chi connectivity index (χ3n) is 3.15. The number of rotatable bonds is 5. The zero-order chi connectivity index (χ0) is 14.5. The summed E-state index contributed by atoms with van der Waals surface area (Å²) in [5.41, 5.74) is 7.50. The lowest BCUT2D eigenvalue weighted by Gasteiger charge is -2.16. The monoisotopic (exact) mass is 278 g/mol. The molecule has 1 aromatic rings. The number of nitrogens with two attached hydrogens (primary N) is 1. The van der Waals surface area contributed by atoms with Gasteiger partial charge in [-0.2, -0.15) is 0 Å². The molecule has 5 nitrogen and oxygen atoms in total. The molecule has 0 aromatic heterocycles. The van der Waals surface area contributed by atoms with E-state index >= 15 is 0 Å². The topological polar surface area (TPSA) is 73.6 Å². The van der Waals surface area contributed by atoms with Crippen molar-refractivity contribution in [3.8, 4) is 0 Å². The van der Waals surface area contributed by atoms with Gasteiger partial charge in [-0.3, -0.25) is 0 Å². The molecule has 1 aliphatic rings. The van der Waals surface area contributed by atoms with E-state index in [2.05, 4.69) is 5.32 Å². The molecule has 5 heteroatoms. The SMILES string of the molecule is CC(C)OC(=O)c1cc(N)ccc1NCC1CCCO1. The smallest absolute Gasteiger partial charge is 0.340 e. The number of anilines is 2. The van der Waals surface area contributed by atoms with Crippen LogP contribution in [0.5, 0.6) is 0 Å². The highest BCUT2D eigenvalue weighted by Crippen LogP contribution is 2.22. The normalized spacial score (nSPS) is 18.2. The summed E-state index contributed by atoms with van der Waals surface area (Å²) in [4.78, 5) is 12.1. The van der Waals surface area contributed by atoms with Gasteiger partial charge < -0.3 is 20.5 Å². The Labute approximate surface area is 119 Å². The highest BCUT2D eigenvalue weighted by atomic mass is 16.5. The van der Waals surface area contributed by atoms with Crippen molar-refractivity contribution in [2.24, 2.45) is 0 Å². The Bertz CT molecular complexity index is 468. The molecule has 1 heterocycles. The fraction of sp³-hybridized carbons (Fsp3) is 0.533. The Morgan fingerprint density at radius 2 is 2.35 bits per heavy atom. The molecular weight excluding hydrogens is 256 g/mol. The number of hydrogen-bond donors (Lipinski definition) is 2. The van der Waals surface area contributed by atoms with Crippen molar-refractivity contribution in [1.82, 2.24) is 0 Å². The molecule has 0 bridgehead atoms. The number of ether oxygens (including phenoxy) is 2. The predicted molar refractivity (Wildman–Crippen MR) is 78.9 cm³/mol. The number of hydrogen-bond acceptors (Lipinski definition) is 5. The maximum absolute atomic E-state index is 12.1. The lowest BCUT2D eigenvalue weighted by molar-refractivity contribution is 0.0379. The largest absolute Gasteiger partial charge is 0.459 e. The fourth-order valence-corrected chi connectivity index (χ4v) is 2.19. The van der Waals surface area contributed by atoms with Crippen LogP contribution in [-0.2, 0) is 9.47 Å². The van der Waals surface area contributed by atoms with Crippen LogP contribution in [0.15, 0.2) is 18.2 Å². The van der Waals surface area contributed by atoms with Gasteiger partial charge in [0.2, 0.25) is 0 Å². The van der Waals surface area contributed by atoms with Crippen LogP contribution in [0.4, 0.5) is 11.4 Å². The first kappa shape index (κ1) is 14.7. The maximum atomic E-state index is 12.1. The molecule has 0 spiro atoms. The van der Waals surface area contributed by atoms with Gasteiger partial charge in [0.1, 0.15) is 0 Å². The first-order valence-corrected chi connectivity index (χ1v) is 7.02. The van der Waals surface area contributed by atoms with E-state index in [0.29, 0.717) is 17.8 Å². The first-order chi connectivity index (χ1) is 9.56. The molecule has 2 rings (SSSR count). The summed E-state index contributed by atoms with van der Waals surface area (Å²) < 4.78 is 10.8. The minimum Gasteiger partial charge on any atom is -0.459 e. The van der Waals surface area contributed by atoms with Crippen molar-refractivity contribution < 1.29 is 14.3 Å².